The van der Waals surface area contributed by atoms with Gasteiger partial charge in [0.2, 0.25) is 5.95 Å². The standard InChI is InChI=1S/C15H18F2N4/c1-3-6-18-15-20-8-10(2)14(21-15)19-9-11-7-12(16)4-5-13(11)17/h4-5,7-8H,3,6,9H2,1-2H3,(H2,18,19,20,21). The van der Waals surface area contributed by atoms with Gasteiger partial charge in [-0.05, 0) is 31.5 Å². The van der Waals surface area contributed by atoms with Crippen LogP contribution in [0.5, 0.6) is 0 Å². The van der Waals surface area contributed by atoms with Gasteiger partial charge in [-0.15, -0.1) is 0 Å². The van der Waals surface area contributed by atoms with Crippen molar-refractivity contribution in [2.45, 2.75) is 26.8 Å². The summed E-state index contributed by atoms with van der Waals surface area (Å²) in [4.78, 5) is 8.49. The molecule has 0 bridgehead atoms. The third-order valence-corrected chi connectivity index (χ3v) is 2.96. The Bertz CT molecular complexity index is 617. The zero-order chi connectivity index (χ0) is 15.2. The van der Waals surface area contributed by atoms with Crippen LogP contribution in [0, 0.1) is 18.6 Å². The number of benzene rings is 1. The largest absolute Gasteiger partial charge is 0.365 e. The molecule has 1 aromatic carbocycles. The molecule has 1 aromatic heterocycles. The maximum Gasteiger partial charge on any atom is 0.224 e. The number of anilines is 2. The topological polar surface area (TPSA) is 49.8 Å². The smallest absolute Gasteiger partial charge is 0.224 e. The second-order valence-corrected chi connectivity index (χ2v) is 4.74. The summed E-state index contributed by atoms with van der Waals surface area (Å²) in [6.07, 6.45) is 2.66. The highest BCUT2D eigenvalue weighted by molar-refractivity contribution is 5.46. The summed E-state index contributed by atoms with van der Waals surface area (Å²) in [6, 6.07) is 3.39. The van der Waals surface area contributed by atoms with Crippen molar-refractivity contribution in [3.05, 3.63) is 47.2 Å². The van der Waals surface area contributed by atoms with Gasteiger partial charge in [-0.1, -0.05) is 6.92 Å². The van der Waals surface area contributed by atoms with E-state index in [9.17, 15) is 8.78 Å². The molecule has 0 fully saturated rings. The number of hydrogen-bond acceptors (Lipinski definition) is 4. The lowest BCUT2D eigenvalue weighted by Crippen LogP contribution is -2.09. The summed E-state index contributed by atoms with van der Waals surface area (Å²) in [5.74, 6) is 0.217. The fraction of sp³-hybridized carbons (Fsp3) is 0.333. The molecule has 0 unspecified atom stereocenters. The first-order valence-electron chi connectivity index (χ1n) is 6.85. The molecule has 112 valence electrons. The fourth-order valence-corrected chi connectivity index (χ4v) is 1.80. The van der Waals surface area contributed by atoms with Gasteiger partial charge in [-0.2, -0.15) is 4.98 Å². The lowest BCUT2D eigenvalue weighted by molar-refractivity contribution is 0.587. The van der Waals surface area contributed by atoms with E-state index in [-0.39, 0.29) is 12.1 Å². The predicted molar refractivity (Wildman–Crippen MR) is 79.2 cm³/mol. The lowest BCUT2D eigenvalue weighted by atomic mass is 10.2. The van der Waals surface area contributed by atoms with Crippen molar-refractivity contribution < 1.29 is 8.78 Å². The van der Waals surface area contributed by atoms with Crippen molar-refractivity contribution in [1.82, 2.24) is 9.97 Å². The Morgan fingerprint density at radius 1 is 1.19 bits per heavy atom. The van der Waals surface area contributed by atoms with E-state index < -0.39 is 11.6 Å². The van der Waals surface area contributed by atoms with Crippen molar-refractivity contribution in [2.75, 3.05) is 17.2 Å². The van der Waals surface area contributed by atoms with E-state index in [1.54, 1.807) is 6.20 Å². The van der Waals surface area contributed by atoms with Crippen LogP contribution in [0.3, 0.4) is 0 Å². The lowest BCUT2D eigenvalue weighted by Gasteiger charge is -2.11. The van der Waals surface area contributed by atoms with Gasteiger partial charge in [-0.25, -0.2) is 13.8 Å². The van der Waals surface area contributed by atoms with E-state index in [4.69, 9.17) is 0 Å². The highest BCUT2D eigenvalue weighted by atomic mass is 19.1. The van der Waals surface area contributed by atoms with Crippen molar-refractivity contribution in [1.29, 1.82) is 0 Å². The summed E-state index contributed by atoms with van der Waals surface area (Å²) >= 11 is 0. The molecule has 6 heteroatoms. The van der Waals surface area contributed by atoms with Crippen LogP contribution < -0.4 is 10.6 Å². The predicted octanol–water partition coefficient (Wildman–Crippen LogP) is 3.50. The molecule has 0 saturated heterocycles. The minimum Gasteiger partial charge on any atom is -0.365 e. The number of rotatable bonds is 6. The van der Waals surface area contributed by atoms with E-state index in [0.29, 0.717) is 11.8 Å². The molecule has 0 amide bonds. The van der Waals surface area contributed by atoms with Gasteiger partial charge >= 0.3 is 0 Å². The van der Waals surface area contributed by atoms with Crippen LogP contribution in [0.25, 0.3) is 0 Å². The number of nitrogens with one attached hydrogen (secondary N) is 2. The van der Waals surface area contributed by atoms with Gasteiger partial charge in [0.15, 0.2) is 0 Å². The van der Waals surface area contributed by atoms with E-state index >= 15 is 0 Å². The first-order valence-corrected chi connectivity index (χ1v) is 6.85. The zero-order valence-corrected chi connectivity index (χ0v) is 12.1. The second-order valence-electron chi connectivity index (χ2n) is 4.74. The second kappa shape index (κ2) is 6.97. The minimum absolute atomic E-state index is 0.161. The molecule has 1 heterocycles. The van der Waals surface area contributed by atoms with Gasteiger partial charge in [0.25, 0.3) is 0 Å². The third kappa shape index (κ3) is 4.11. The SMILES string of the molecule is CCCNc1ncc(C)c(NCc2cc(F)ccc2F)n1. The van der Waals surface area contributed by atoms with Crippen LogP contribution in [0.4, 0.5) is 20.5 Å². The molecule has 2 aromatic rings. The highest BCUT2D eigenvalue weighted by Gasteiger charge is 2.07. The van der Waals surface area contributed by atoms with E-state index in [2.05, 4.69) is 20.6 Å². The molecule has 0 aliphatic rings. The average Bonchev–Trinajstić information content (AvgIpc) is 2.48. The van der Waals surface area contributed by atoms with Gasteiger partial charge in [0.05, 0.1) is 0 Å². The third-order valence-electron chi connectivity index (χ3n) is 2.96. The van der Waals surface area contributed by atoms with Gasteiger partial charge in [-0.3, -0.25) is 0 Å². The molecule has 2 rings (SSSR count). The molecule has 0 saturated carbocycles. The summed E-state index contributed by atoms with van der Waals surface area (Å²) in [5, 5.41) is 6.10. The molecule has 0 atom stereocenters. The highest BCUT2D eigenvalue weighted by Crippen LogP contribution is 2.16. The number of hydrogen-bond donors (Lipinski definition) is 2. The Balaban J connectivity index is 2.10. The van der Waals surface area contributed by atoms with Crippen molar-refractivity contribution >= 4 is 11.8 Å². The molecule has 21 heavy (non-hydrogen) atoms. The Morgan fingerprint density at radius 3 is 2.76 bits per heavy atom. The minimum atomic E-state index is -0.460. The number of aryl methyl sites for hydroxylation is 1. The normalized spacial score (nSPS) is 10.5. The monoisotopic (exact) mass is 292 g/mol. The Labute approximate surface area is 122 Å². The summed E-state index contributed by atoms with van der Waals surface area (Å²) in [5.41, 5.74) is 1.10. The summed E-state index contributed by atoms with van der Waals surface area (Å²) in [7, 11) is 0. The number of halogens is 2. The molecule has 4 nitrogen and oxygen atoms in total. The van der Waals surface area contributed by atoms with Crippen LogP contribution in [0.15, 0.2) is 24.4 Å². The summed E-state index contributed by atoms with van der Waals surface area (Å²) in [6.45, 7) is 4.84. The molecule has 0 aliphatic carbocycles. The van der Waals surface area contributed by atoms with Crippen molar-refractivity contribution in [2.24, 2.45) is 0 Å². The first kappa shape index (κ1) is 15.2. The van der Waals surface area contributed by atoms with E-state index in [1.807, 2.05) is 13.8 Å². The zero-order valence-electron chi connectivity index (χ0n) is 12.1. The molecule has 2 N–H and O–H groups in total. The maximum absolute atomic E-state index is 13.6. The van der Waals surface area contributed by atoms with Crippen LogP contribution in [0.2, 0.25) is 0 Å². The van der Waals surface area contributed by atoms with Crippen LogP contribution in [-0.4, -0.2) is 16.5 Å². The first-order chi connectivity index (χ1) is 10.1. The van der Waals surface area contributed by atoms with Crippen molar-refractivity contribution in [3.8, 4) is 0 Å². The van der Waals surface area contributed by atoms with Crippen molar-refractivity contribution in [3.63, 3.8) is 0 Å². The van der Waals surface area contributed by atoms with Gasteiger partial charge in [0, 0.05) is 30.4 Å². The fourth-order valence-electron chi connectivity index (χ4n) is 1.80. The Hall–Kier alpha value is -2.24. The van der Waals surface area contributed by atoms with Crippen LogP contribution in [0.1, 0.15) is 24.5 Å². The van der Waals surface area contributed by atoms with Gasteiger partial charge < -0.3 is 10.6 Å². The van der Waals surface area contributed by atoms with E-state index in [1.165, 1.54) is 6.07 Å². The Kier molecular flexibility index (Phi) is 5.03. The Morgan fingerprint density at radius 2 is 2.00 bits per heavy atom. The van der Waals surface area contributed by atoms with E-state index in [0.717, 1.165) is 30.7 Å². The number of nitrogens with zero attached hydrogens (tertiary/aromatic N) is 2. The quantitative estimate of drug-likeness (QED) is 0.855. The van der Waals surface area contributed by atoms with Crippen LogP contribution in [-0.2, 0) is 6.54 Å². The molecule has 0 spiro atoms. The molecule has 0 radical (unpaired) electrons. The maximum atomic E-state index is 13.6. The summed E-state index contributed by atoms with van der Waals surface area (Å²) < 4.78 is 26.7. The molecular weight excluding hydrogens is 274 g/mol. The van der Waals surface area contributed by atoms with Crippen LogP contribution >= 0.6 is 0 Å². The molecule has 0 aliphatic heterocycles. The molecular formula is C15H18F2N4. The van der Waals surface area contributed by atoms with Gasteiger partial charge in [0.1, 0.15) is 17.5 Å². The number of aromatic nitrogens is 2. The average molecular weight is 292 g/mol.